The molecule has 0 radical (unpaired) electrons. The average Bonchev–Trinajstić information content (AvgIpc) is 2.12. The SMILES string of the molecule is Oc1ccc2ccc(Cl)cc2c1Cl. The van der Waals surface area contributed by atoms with Gasteiger partial charge >= 0.3 is 0 Å². The number of aromatic hydroxyl groups is 1. The molecular formula is C10H6Cl2O. The molecule has 0 unspecified atom stereocenters. The number of phenolic OH excluding ortho intramolecular Hbond substituents is 1. The second-order valence-electron chi connectivity index (χ2n) is 2.76. The van der Waals surface area contributed by atoms with Gasteiger partial charge in [-0.2, -0.15) is 0 Å². The smallest absolute Gasteiger partial charge is 0.134 e. The van der Waals surface area contributed by atoms with E-state index in [2.05, 4.69) is 0 Å². The van der Waals surface area contributed by atoms with Crippen LogP contribution in [-0.2, 0) is 0 Å². The van der Waals surface area contributed by atoms with E-state index in [0.29, 0.717) is 10.0 Å². The third kappa shape index (κ3) is 1.45. The van der Waals surface area contributed by atoms with Crippen molar-refractivity contribution in [3.8, 4) is 5.75 Å². The van der Waals surface area contributed by atoms with Crippen LogP contribution in [0, 0.1) is 0 Å². The maximum Gasteiger partial charge on any atom is 0.134 e. The van der Waals surface area contributed by atoms with E-state index in [9.17, 15) is 5.11 Å². The molecule has 0 amide bonds. The lowest BCUT2D eigenvalue weighted by atomic mass is 10.1. The molecule has 0 saturated heterocycles. The molecule has 2 rings (SSSR count). The van der Waals surface area contributed by atoms with Gasteiger partial charge in [0.25, 0.3) is 0 Å². The van der Waals surface area contributed by atoms with Gasteiger partial charge in [0.2, 0.25) is 0 Å². The van der Waals surface area contributed by atoms with Gasteiger partial charge in [0.15, 0.2) is 0 Å². The average molecular weight is 213 g/mol. The van der Waals surface area contributed by atoms with Crippen molar-refractivity contribution in [3.05, 3.63) is 40.4 Å². The van der Waals surface area contributed by atoms with Crippen molar-refractivity contribution in [2.75, 3.05) is 0 Å². The fourth-order valence-electron chi connectivity index (χ4n) is 1.24. The number of benzene rings is 2. The van der Waals surface area contributed by atoms with Gasteiger partial charge in [0, 0.05) is 10.4 Å². The summed E-state index contributed by atoms with van der Waals surface area (Å²) in [7, 11) is 0. The highest BCUT2D eigenvalue weighted by atomic mass is 35.5. The topological polar surface area (TPSA) is 20.2 Å². The van der Waals surface area contributed by atoms with E-state index in [-0.39, 0.29) is 5.75 Å². The monoisotopic (exact) mass is 212 g/mol. The first-order valence-electron chi connectivity index (χ1n) is 3.75. The van der Waals surface area contributed by atoms with Crippen molar-refractivity contribution in [1.82, 2.24) is 0 Å². The van der Waals surface area contributed by atoms with Crippen molar-refractivity contribution in [2.24, 2.45) is 0 Å². The highest BCUT2D eigenvalue weighted by Crippen LogP contribution is 2.33. The second-order valence-corrected chi connectivity index (χ2v) is 3.58. The van der Waals surface area contributed by atoms with Crippen LogP contribution < -0.4 is 0 Å². The quantitative estimate of drug-likeness (QED) is 0.704. The second kappa shape index (κ2) is 3.09. The Morgan fingerprint density at radius 2 is 1.69 bits per heavy atom. The van der Waals surface area contributed by atoms with E-state index in [1.807, 2.05) is 6.07 Å². The highest BCUT2D eigenvalue weighted by molar-refractivity contribution is 6.38. The molecule has 0 atom stereocenters. The van der Waals surface area contributed by atoms with E-state index < -0.39 is 0 Å². The minimum absolute atomic E-state index is 0.0800. The molecule has 0 fully saturated rings. The van der Waals surface area contributed by atoms with Gasteiger partial charge < -0.3 is 5.11 Å². The van der Waals surface area contributed by atoms with Crippen molar-refractivity contribution in [3.63, 3.8) is 0 Å². The lowest BCUT2D eigenvalue weighted by molar-refractivity contribution is 0.476. The third-order valence-corrected chi connectivity index (χ3v) is 2.53. The summed E-state index contributed by atoms with van der Waals surface area (Å²) in [5.41, 5.74) is 0. The fourth-order valence-corrected chi connectivity index (χ4v) is 1.64. The maximum absolute atomic E-state index is 9.33. The van der Waals surface area contributed by atoms with Crippen LogP contribution in [0.4, 0.5) is 0 Å². The van der Waals surface area contributed by atoms with Crippen molar-refractivity contribution >= 4 is 34.0 Å². The molecule has 1 nitrogen and oxygen atoms in total. The number of phenols is 1. The first-order chi connectivity index (χ1) is 6.18. The molecule has 2 aromatic rings. The predicted octanol–water partition coefficient (Wildman–Crippen LogP) is 3.85. The molecular weight excluding hydrogens is 207 g/mol. The summed E-state index contributed by atoms with van der Waals surface area (Å²) in [6.45, 7) is 0. The van der Waals surface area contributed by atoms with Crippen LogP contribution in [0.2, 0.25) is 10.0 Å². The van der Waals surface area contributed by atoms with Crippen LogP contribution in [0.15, 0.2) is 30.3 Å². The Hall–Kier alpha value is -0.920. The van der Waals surface area contributed by atoms with Crippen molar-refractivity contribution in [1.29, 1.82) is 0 Å². The van der Waals surface area contributed by atoms with Gasteiger partial charge in [-0.3, -0.25) is 0 Å². The van der Waals surface area contributed by atoms with Crippen LogP contribution in [0.5, 0.6) is 5.75 Å². The Labute approximate surface area is 85.5 Å². The largest absolute Gasteiger partial charge is 0.506 e. The van der Waals surface area contributed by atoms with Crippen molar-refractivity contribution < 1.29 is 5.11 Å². The van der Waals surface area contributed by atoms with Gasteiger partial charge in [-0.15, -0.1) is 0 Å². The number of hydrogen-bond acceptors (Lipinski definition) is 1. The number of rotatable bonds is 0. The van der Waals surface area contributed by atoms with E-state index in [1.165, 1.54) is 0 Å². The molecule has 0 aromatic heterocycles. The van der Waals surface area contributed by atoms with Crippen LogP contribution >= 0.6 is 23.2 Å². The van der Waals surface area contributed by atoms with Crippen LogP contribution in [0.1, 0.15) is 0 Å². The molecule has 3 heteroatoms. The molecule has 0 aliphatic rings. The Kier molecular flexibility index (Phi) is 2.06. The fraction of sp³-hybridized carbons (Fsp3) is 0. The highest BCUT2D eigenvalue weighted by Gasteiger charge is 2.03. The summed E-state index contributed by atoms with van der Waals surface area (Å²) in [6, 6.07) is 8.75. The normalized spacial score (nSPS) is 10.6. The van der Waals surface area contributed by atoms with Crippen molar-refractivity contribution in [2.45, 2.75) is 0 Å². The van der Waals surface area contributed by atoms with Gasteiger partial charge in [0.1, 0.15) is 5.75 Å². The lowest BCUT2D eigenvalue weighted by Gasteiger charge is -2.02. The minimum atomic E-state index is 0.0800. The summed E-state index contributed by atoms with van der Waals surface area (Å²) in [5, 5.41) is 12.0. The molecule has 0 heterocycles. The van der Waals surface area contributed by atoms with Crippen LogP contribution in [-0.4, -0.2) is 5.11 Å². The zero-order chi connectivity index (χ0) is 9.42. The van der Waals surface area contributed by atoms with E-state index in [4.69, 9.17) is 23.2 Å². The zero-order valence-corrected chi connectivity index (χ0v) is 8.10. The Balaban J connectivity index is 2.89. The number of hydrogen-bond donors (Lipinski definition) is 1. The summed E-state index contributed by atoms with van der Waals surface area (Å²) in [6.07, 6.45) is 0. The predicted molar refractivity (Wildman–Crippen MR) is 55.6 cm³/mol. The molecule has 0 aliphatic carbocycles. The molecule has 2 aromatic carbocycles. The first kappa shape index (κ1) is 8.67. The molecule has 1 N–H and O–H groups in total. The standard InChI is InChI=1S/C10H6Cl2O/c11-7-3-1-6-2-4-9(13)10(12)8(6)5-7/h1-5,13H. The van der Waals surface area contributed by atoms with E-state index in [1.54, 1.807) is 24.3 Å². The summed E-state index contributed by atoms with van der Waals surface area (Å²) in [5.74, 6) is 0.0800. The molecule has 66 valence electrons. The van der Waals surface area contributed by atoms with E-state index in [0.717, 1.165) is 10.8 Å². The van der Waals surface area contributed by atoms with Gasteiger partial charge in [-0.05, 0) is 23.6 Å². The van der Waals surface area contributed by atoms with Gasteiger partial charge in [-0.25, -0.2) is 0 Å². The molecule has 0 aliphatic heterocycles. The minimum Gasteiger partial charge on any atom is -0.506 e. The molecule has 0 saturated carbocycles. The summed E-state index contributed by atoms with van der Waals surface area (Å²) < 4.78 is 0. The van der Waals surface area contributed by atoms with E-state index >= 15 is 0 Å². The number of fused-ring (bicyclic) bond motifs is 1. The van der Waals surface area contributed by atoms with Gasteiger partial charge in [0.05, 0.1) is 5.02 Å². The number of halogens is 2. The zero-order valence-electron chi connectivity index (χ0n) is 6.59. The third-order valence-electron chi connectivity index (χ3n) is 1.90. The van der Waals surface area contributed by atoms with Crippen LogP contribution in [0.25, 0.3) is 10.8 Å². The summed E-state index contributed by atoms with van der Waals surface area (Å²) >= 11 is 11.7. The first-order valence-corrected chi connectivity index (χ1v) is 4.51. The van der Waals surface area contributed by atoms with Gasteiger partial charge in [-0.1, -0.05) is 35.3 Å². The molecule has 0 bridgehead atoms. The Bertz CT molecular complexity index is 460. The molecule has 13 heavy (non-hydrogen) atoms. The summed E-state index contributed by atoms with van der Waals surface area (Å²) in [4.78, 5) is 0. The Morgan fingerprint density at radius 3 is 2.46 bits per heavy atom. The molecule has 0 spiro atoms. The van der Waals surface area contributed by atoms with Crippen LogP contribution in [0.3, 0.4) is 0 Å². The lowest BCUT2D eigenvalue weighted by Crippen LogP contribution is -1.75. The Morgan fingerprint density at radius 1 is 1.00 bits per heavy atom. The maximum atomic E-state index is 9.33.